The molecule has 1 aliphatic rings. The lowest BCUT2D eigenvalue weighted by Crippen LogP contribution is -2.49. The minimum absolute atomic E-state index is 0.0554. The van der Waals surface area contributed by atoms with Gasteiger partial charge in [-0.05, 0) is 52.9 Å². The van der Waals surface area contributed by atoms with Crippen LogP contribution in [0.1, 0.15) is 66.2 Å². The molecule has 8 nitrogen and oxygen atoms in total. The second kappa shape index (κ2) is 9.73. The molecule has 2 atom stereocenters. The number of esters is 1. The van der Waals surface area contributed by atoms with Gasteiger partial charge < -0.3 is 14.8 Å². The molecule has 0 bridgehead atoms. The first kappa shape index (κ1) is 23.7. The highest BCUT2D eigenvalue weighted by Crippen LogP contribution is 2.42. The summed E-state index contributed by atoms with van der Waals surface area (Å²) in [4.78, 5) is 23.6. The minimum atomic E-state index is -3.50. The van der Waals surface area contributed by atoms with E-state index < -0.39 is 27.2 Å². The van der Waals surface area contributed by atoms with Crippen molar-refractivity contribution >= 4 is 22.2 Å². The van der Waals surface area contributed by atoms with Gasteiger partial charge in [-0.25, -0.2) is 4.79 Å². The topological polar surface area (TPSA) is 108 Å². The third kappa shape index (κ3) is 9.41. The maximum atomic E-state index is 12.1. The molecular weight excluding hydrogens is 374 g/mol. The molecule has 1 rings (SSSR count). The maximum absolute atomic E-state index is 12.1. The SMILES string of the molecule is CC(=O)O[C@@H]1CCCC[C@]1(CCCOS(C)(=O)=O)CNC(=O)OC(C)(C)C. The molecule has 0 saturated heterocycles. The lowest BCUT2D eigenvalue weighted by molar-refractivity contribution is -0.157. The quantitative estimate of drug-likeness (QED) is 0.374. The van der Waals surface area contributed by atoms with Gasteiger partial charge in [0.15, 0.2) is 0 Å². The van der Waals surface area contributed by atoms with Gasteiger partial charge in [-0.15, -0.1) is 0 Å². The molecule has 0 aromatic heterocycles. The highest BCUT2D eigenvalue weighted by molar-refractivity contribution is 7.85. The van der Waals surface area contributed by atoms with Crippen LogP contribution in [0.4, 0.5) is 4.79 Å². The Morgan fingerprint density at radius 3 is 2.44 bits per heavy atom. The third-order valence-electron chi connectivity index (χ3n) is 4.48. The van der Waals surface area contributed by atoms with E-state index in [4.69, 9.17) is 13.7 Å². The van der Waals surface area contributed by atoms with Gasteiger partial charge in [-0.1, -0.05) is 6.42 Å². The number of hydrogen-bond donors (Lipinski definition) is 1. The summed E-state index contributed by atoms with van der Waals surface area (Å²) in [6.07, 6.45) is 4.54. The van der Waals surface area contributed by atoms with Crippen LogP contribution >= 0.6 is 0 Å². The van der Waals surface area contributed by atoms with Gasteiger partial charge in [-0.2, -0.15) is 8.42 Å². The molecule has 1 saturated carbocycles. The Kier molecular flexibility index (Phi) is 8.53. The van der Waals surface area contributed by atoms with Crippen LogP contribution in [0, 0.1) is 5.41 Å². The van der Waals surface area contributed by atoms with Crippen molar-refractivity contribution in [1.82, 2.24) is 5.32 Å². The molecule has 1 N–H and O–H groups in total. The first-order valence-electron chi connectivity index (χ1n) is 9.31. The predicted molar refractivity (Wildman–Crippen MR) is 101 cm³/mol. The zero-order chi connectivity index (χ0) is 20.7. The Morgan fingerprint density at radius 1 is 1.22 bits per heavy atom. The van der Waals surface area contributed by atoms with E-state index >= 15 is 0 Å². The summed E-state index contributed by atoms with van der Waals surface area (Å²) < 4.78 is 38.0. The molecule has 27 heavy (non-hydrogen) atoms. The molecule has 0 spiro atoms. The van der Waals surface area contributed by atoms with E-state index in [1.807, 2.05) is 0 Å². The molecule has 1 aliphatic carbocycles. The Morgan fingerprint density at radius 2 is 1.89 bits per heavy atom. The van der Waals surface area contributed by atoms with Crippen LogP contribution in [0.3, 0.4) is 0 Å². The second-order valence-corrected chi connectivity index (χ2v) is 9.84. The Balaban J connectivity index is 2.83. The molecule has 0 aliphatic heterocycles. The van der Waals surface area contributed by atoms with Gasteiger partial charge in [0.2, 0.25) is 0 Å². The van der Waals surface area contributed by atoms with Crippen LogP contribution in [0.15, 0.2) is 0 Å². The molecule has 0 unspecified atom stereocenters. The highest BCUT2D eigenvalue weighted by Gasteiger charge is 2.43. The average molecular weight is 408 g/mol. The van der Waals surface area contributed by atoms with Crippen molar-refractivity contribution < 1.29 is 31.7 Å². The monoisotopic (exact) mass is 407 g/mol. The van der Waals surface area contributed by atoms with Crippen molar-refractivity contribution in [3.8, 4) is 0 Å². The van der Waals surface area contributed by atoms with Crippen molar-refractivity contribution in [1.29, 1.82) is 0 Å². The predicted octanol–water partition coefficient (Wildman–Crippen LogP) is 2.76. The number of rotatable bonds is 8. The van der Waals surface area contributed by atoms with Gasteiger partial charge in [0.1, 0.15) is 11.7 Å². The van der Waals surface area contributed by atoms with Crippen LogP contribution in [0.2, 0.25) is 0 Å². The van der Waals surface area contributed by atoms with E-state index in [9.17, 15) is 18.0 Å². The van der Waals surface area contributed by atoms with Crippen molar-refractivity contribution in [3.63, 3.8) is 0 Å². The number of hydrogen-bond acceptors (Lipinski definition) is 7. The van der Waals surface area contributed by atoms with Gasteiger partial charge in [-0.3, -0.25) is 8.98 Å². The number of carbonyl (C=O) groups excluding carboxylic acids is 2. The van der Waals surface area contributed by atoms with Gasteiger partial charge in [0.25, 0.3) is 10.1 Å². The van der Waals surface area contributed by atoms with E-state index in [-0.39, 0.29) is 18.7 Å². The van der Waals surface area contributed by atoms with Crippen LogP contribution in [0.25, 0.3) is 0 Å². The number of alkyl carbamates (subject to hydrolysis) is 1. The lowest BCUT2D eigenvalue weighted by Gasteiger charge is -2.43. The summed E-state index contributed by atoms with van der Waals surface area (Å²) in [5, 5.41) is 2.80. The number of ether oxygens (including phenoxy) is 2. The average Bonchev–Trinajstić information content (AvgIpc) is 2.48. The standard InChI is InChI=1S/C18H33NO7S/c1-14(20)25-15-9-6-7-10-18(15,11-8-12-24-27(5,22)23)13-19-16(21)26-17(2,3)4/h15H,6-13H2,1-5H3,(H,19,21)/t15-,18+/m1/s1. The number of nitrogens with one attached hydrogen (secondary N) is 1. The van der Waals surface area contributed by atoms with E-state index in [1.165, 1.54) is 6.92 Å². The lowest BCUT2D eigenvalue weighted by atomic mass is 9.68. The highest BCUT2D eigenvalue weighted by atomic mass is 32.2. The molecule has 0 aromatic rings. The van der Waals surface area contributed by atoms with Crippen molar-refractivity contribution in [3.05, 3.63) is 0 Å². The van der Waals surface area contributed by atoms with Crippen molar-refractivity contribution in [2.24, 2.45) is 5.41 Å². The molecule has 9 heteroatoms. The smallest absolute Gasteiger partial charge is 0.407 e. The first-order chi connectivity index (χ1) is 12.3. The Bertz CT molecular complexity index is 612. The molecule has 0 radical (unpaired) electrons. The summed E-state index contributed by atoms with van der Waals surface area (Å²) in [5.74, 6) is -0.365. The van der Waals surface area contributed by atoms with Crippen LogP contribution < -0.4 is 5.32 Å². The molecule has 0 aromatic carbocycles. The summed E-state index contributed by atoms with van der Waals surface area (Å²) in [7, 11) is -3.50. The summed E-state index contributed by atoms with van der Waals surface area (Å²) in [6, 6.07) is 0. The van der Waals surface area contributed by atoms with E-state index in [2.05, 4.69) is 5.32 Å². The molecular formula is C18H33NO7S. The molecule has 1 fully saturated rings. The van der Waals surface area contributed by atoms with Crippen LogP contribution in [0.5, 0.6) is 0 Å². The third-order valence-corrected chi connectivity index (χ3v) is 5.08. The fourth-order valence-corrected chi connectivity index (χ4v) is 3.85. The van der Waals surface area contributed by atoms with Crippen LogP contribution in [-0.2, 0) is 28.6 Å². The van der Waals surface area contributed by atoms with Crippen molar-refractivity contribution in [2.45, 2.75) is 77.9 Å². The number of carbonyl (C=O) groups is 2. The fraction of sp³-hybridized carbons (Fsp3) is 0.889. The zero-order valence-electron chi connectivity index (χ0n) is 17.0. The summed E-state index contributed by atoms with van der Waals surface area (Å²) in [5.41, 5.74) is -1.08. The van der Waals surface area contributed by atoms with E-state index in [0.29, 0.717) is 25.8 Å². The minimum Gasteiger partial charge on any atom is -0.462 e. The largest absolute Gasteiger partial charge is 0.462 e. The second-order valence-electron chi connectivity index (χ2n) is 8.19. The first-order valence-corrected chi connectivity index (χ1v) is 11.1. The summed E-state index contributed by atoms with van der Waals surface area (Å²) >= 11 is 0. The van der Waals surface area contributed by atoms with E-state index in [1.54, 1.807) is 20.8 Å². The number of amides is 1. The zero-order valence-corrected chi connectivity index (χ0v) is 17.8. The van der Waals surface area contributed by atoms with Gasteiger partial charge >= 0.3 is 12.1 Å². The van der Waals surface area contributed by atoms with Gasteiger partial charge in [0, 0.05) is 18.9 Å². The Labute approximate surface area is 162 Å². The van der Waals surface area contributed by atoms with Gasteiger partial charge in [0.05, 0.1) is 12.9 Å². The molecule has 0 heterocycles. The Hall–Kier alpha value is -1.35. The van der Waals surface area contributed by atoms with E-state index in [0.717, 1.165) is 25.5 Å². The summed E-state index contributed by atoms with van der Waals surface area (Å²) in [6.45, 7) is 7.07. The van der Waals surface area contributed by atoms with Crippen LogP contribution in [-0.4, -0.2) is 51.6 Å². The van der Waals surface area contributed by atoms with Crippen molar-refractivity contribution in [2.75, 3.05) is 19.4 Å². The molecule has 158 valence electrons. The normalized spacial score (nSPS) is 23.5. The maximum Gasteiger partial charge on any atom is 0.407 e. The fourth-order valence-electron chi connectivity index (χ4n) is 3.43. The molecule has 1 amide bonds.